The first-order valence-corrected chi connectivity index (χ1v) is 12.3. The van der Waals surface area contributed by atoms with Crippen LogP contribution in [-0.4, -0.2) is 43.0 Å². The second-order valence-corrected chi connectivity index (χ2v) is 10.1. The van der Waals surface area contributed by atoms with E-state index in [2.05, 4.69) is 34.4 Å². The second-order valence-electron chi connectivity index (χ2n) is 8.58. The maximum Gasteiger partial charge on any atom is 0.239 e. The summed E-state index contributed by atoms with van der Waals surface area (Å²) in [4.78, 5) is 16.0. The summed E-state index contributed by atoms with van der Waals surface area (Å²) in [6.07, 6.45) is 3.25. The van der Waals surface area contributed by atoms with Gasteiger partial charge in [-0.1, -0.05) is 65.8 Å². The summed E-state index contributed by atoms with van der Waals surface area (Å²) < 4.78 is 1.91. The topological polar surface area (TPSA) is 63.1 Å². The fourth-order valence-electron chi connectivity index (χ4n) is 4.74. The Balaban J connectivity index is 1.54. The van der Waals surface area contributed by atoms with Crippen molar-refractivity contribution in [3.63, 3.8) is 0 Å². The number of fused-ring (bicyclic) bond motifs is 1. The van der Waals surface area contributed by atoms with Gasteiger partial charge in [-0.05, 0) is 50.8 Å². The largest absolute Gasteiger partial charge is 0.336 e. The number of carbonyl (C=O) groups is 1. The van der Waals surface area contributed by atoms with Crippen LogP contribution in [0, 0.1) is 0 Å². The number of aromatic nitrogens is 3. The van der Waals surface area contributed by atoms with E-state index in [0.717, 1.165) is 36.2 Å². The van der Waals surface area contributed by atoms with E-state index in [1.165, 1.54) is 11.8 Å². The van der Waals surface area contributed by atoms with E-state index in [9.17, 15) is 4.79 Å². The van der Waals surface area contributed by atoms with Gasteiger partial charge in [0.2, 0.25) is 11.1 Å². The summed E-state index contributed by atoms with van der Waals surface area (Å²) in [5, 5.41) is 9.87. The number of nitrogens with one attached hydrogen (secondary N) is 1. The van der Waals surface area contributed by atoms with Gasteiger partial charge in [0, 0.05) is 22.7 Å². The number of benzene rings is 2. The number of thioether (sulfide) groups is 1. The third-order valence-corrected chi connectivity index (χ3v) is 7.84. The zero-order valence-electron chi connectivity index (χ0n) is 18.1. The van der Waals surface area contributed by atoms with Crippen LogP contribution in [-0.2, 0) is 4.79 Å². The average molecular weight is 468 g/mol. The Labute approximate surface area is 197 Å². The maximum atomic E-state index is 13.9. The number of likely N-dealkylation sites (tertiary alicyclic amines) is 1. The molecular formula is C24H26ClN5OS. The van der Waals surface area contributed by atoms with E-state index in [1.807, 2.05) is 59.3 Å². The highest BCUT2D eigenvalue weighted by atomic mass is 35.5. The fraction of sp³-hybridized carbons (Fsp3) is 0.375. The molecule has 6 nitrogen and oxygen atoms in total. The summed E-state index contributed by atoms with van der Waals surface area (Å²) in [6, 6.07) is 17.9. The second kappa shape index (κ2) is 8.79. The molecule has 166 valence electrons. The van der Waals surface area contributed by atoms with Crippen molar-refractivity contribution in [2.45, 2.75) is 61.6 Å². The van der Waals surface area contributed by atoms with E-state index < -0.39 is 0 Å². The van der Waals surface area contributed by atoms with E-state index in [4.69, 9.17) is 11.6 Å². The van der Waals surface area contributed by atoms with E-state index in [0.29, 0.717) is 10.2 Å². The molecule has 2 aromatic carbocycles. The van der Waals surface area contributed by atoms with Crippen LogP contribution < -0.4 is 5.43 Å². The Morgan fingerprint density at radius 1 is 1.03 bits per heavy atom. The smallest absolute Gasteiger partial charge is 0.239 e. The molecule has 1 N–H and O–H groups in total. The van der Waals surface area contributed by atoms with Crippen LogP contribution in [0.4, 0.5) is 0 Å². The minimum Gasteiger partial charge on any atom is -0.336 e. The Kier molecular flexibility index (Phi) is 5.86. The Bertz CT molecular complexity index is 1090. The molecule has 2 aliphatic heterocycles. The molecule has 8 heteroatoms. The van der Waals surface area contributed by atoms with Crippen LogP contribution >= 0.6 is 23.4 Å². The summed E-state index contributed by atoms with van der Waals surface area (Å²) in [5.74, 6) is 0.885. The molecule has 1 aromatic heterocycles. The van der Waals surface area contributed by atoms with Crippen molar-refractivity contribution in [2.75, 3.05) is 5.43 Å². The van der Waals surface area contributed by atoms with Crippen LogP contribution in [0.25, 0.3) is 11.4 Å². The molecule has 3 heterocycles. The average Bonchev–Trinajstić information content (AvgIpc) is 3.22. The van der Waals surface area contributed by atoms with Gasteiger partial charge >= 0.3 is 0 Å². The van der Waals surface area contributed by atoms with E-state index in [-0.39, 0.29) is 29.3 Å². The summed E-state index contributed by atoms with van der Waals surface area (Å²) in [6.45, 7) is 4.31. The van der Waals surface area contributed by atoms with Gasteiger partial charge in [-0.25, -0.2) is 4.68 Å². The molecule has 0 spiro atoms. The van der Waals surface area contributed by atoms with Crippen molar-refractivity contribution < 1.29 is 4.79 Å². The van der Waals surface area contributed by atoms with Crippen molar-refractivity contribution in [3.05, 3.63) is 65.2 Å². The lowest BCUT2D eigenvalue weighted by Crippen LogP contribution is -2.53. The molecule has 2 aliphatic rings. The number of hydrogen-bond acceptors (Lipinski definition) is 5. The van der Waals surface area contributed by atoms with Gasteiger partial charge in [0.15, 0.2) is 5.82 Å². The lowest BCUT2D eigenvalue weighted by atomic mass is 9.95. The molecule has 3 aromatic rings. The van der Waals surface area contributed by atoms with Crippen LogP contribution in [0.5, 0.6) is 0 Å². The normalized spacial score (nSPS) is 25.2. The number of piperidine rings is 1. The highest BCUT2D eigenvalue weighted by Crippen LogP contribution is 2.40. The van der Waals surface area contributed by atoms with Crippen LogP contribution in [0.2, 0.25) is 5.02 Å². The van der Waals surface area contributed by atoms with Gasteiger partial charge in [-0.15, -0.1) is 10.2 Å². The van der Waals surface area contributed by atoms with Crippen molar-refractivity contribution in [1.29, 1.82) is 0 Å². The Morgan fingerprint density at radius 3 is 2.41 bits per heavy atom. The zero-order valence-corrected chi connectivity index (χ0v) is 19.7. The molecule has 0 radical (unpaired) electrons. The molecule has 32 heavy (non-hydrogen) atoms. The van der Waals surface area contributed by atoms with E-state index in [1.54, 1.807) is 0 Å². The molecule has 4 atom stereocenters. The molecule has 0 bridgehead atoms. The van der Waals surface area contributed by atoms with Crippen LogP contribution in [0.3, 0.4) is 0 Å². The van der Waals surface area contributed by atoms with Gasteiger partial charge in [-0.3, -0.25) is 4.79 Å². The van der Waals surface area contributed by atoms with Crippen molar-refractivity contribution in [1.82, 2.24) is 19.8 Å². The van der Waals surface area contributed by atoms with Gasteiger partial charge in [0.25, 0.3) is 0 Å². The SMILES string of the molecule is CC1CCCC(C)N1C(=O)C1Sc2nnc(-c3ccccc3)n2NC1c1ccc(Cl)cc1. The highest BCUT2D eigenvalue weighted by Gasteiger charge is 2.42. The Morgan fingerprint density at radius 2 is 1.72 bits per heavy atom. The number of amides is 1. The third kappa shape index (κ3) is 3.88. The predicted molar refractivity (Wildman–Crippen MR) is 128 cm³/mol. The monoisotopic (exact) mass is 467 g/mol. The third-order valence-electron chi connectivity index (χ3n) is 6.39. The minimum absolute atomic E-state index is 0.151. The van der Waals surface area contributed by atoms with Crippen molar-refractivity contribution in [3.8, 4) is 11.4 Å². The van der Waals surface area contributed by atoms with E-state index >= 15 is 0 Å². The van der Waals surface area contributed by atoms with Crippen molar-refractivity contribution in [2.24, 2.45) is 0 Å². The highest BCUT2D eigenvalue weighted by molar-refractivity contribution is 8.00. The molecule has 4 unspecified atom stereocenters. The lowest BCUT2D eigenvalue weighted by Gasteiger charge is -2.43. The Hall–Kier alpha value is -2.51. The van der Waals surface area contributed by atoms with Crippen LogP contribution in [0.1, 0.15) is 44.7 Å². The quantitative estimate of drug-likeness (QED) is 0.577. The first kappa shape index (κ1) is 21.3. The molecular weight excluding hydrogens is 442 g/mol. The van der Waals surface area contributed by atoms with Gasteiger partial charge in [0.05, 0.1) is 6.04 Å². The number of hydrogen-bond donors (Lipinski definition) is 1. The molecule has 0 aliphatic carbocycles. The van der Waals surface area contributed by atoms with Crippen molar-refractivity contribution >= 4 is 29.3 Å². The van der Waals surface area contributed by atoms with Gasteiger partial charge in [-0.2, -0.15) is 0 Å². The predicted octanol–water partition coefficient (Wildman–Crippen LogP) is 5.15. The van der Waals surface area contributed by atoms with Crippen LogP contribution in [0.15, 0.2) is 59.8 Å². The van der Waals surface area contributed by atoms with Gasteiger partial charge in [0.1, 0.15) is 5.25 Å². The summed E-state index contributed by atoms with van der Waals surface area (Å²) in [7, 11) is 0. The molecule has 1 saturated heterocycles. The first-order chi connectivity index (χ1) is 15.5. The number of carbonyl (C=O) groups excluding carboxylic acids is 1. The standard InChI is InChI=1S/C24H26ClN5OS/c1-15-7-6-8-16(2)29(15)23(31)21-20(17-11-13-19(25)14-12-17)28-30-22(26-27-24(30)32-21)18-9-4-3-5-10-18/h3-5,9-16,20-21,28H,6-8H2,1-2H3. The fourth-order valence-corrected chi connectivity index (χ4v) is 6.00. The number of rotatable bonds is 3. The molecule has 1 amide bonds. The number of nitrogens with zero attached hydrogens (tertiary/aromatic N) is 4. The lowest BCUT2D eigenvalue weighted by molar-refractivity contribution is -0.137. The number of halogens is 1. The zero-order chi connectivity index (χ0) is 22.2. The minimum atomic E-state index is -0.348. The summed E-state index contributed by atoms with van der Waals surface area (Å²) in [5.41, 5.74) is 5.54. The van der Waals surface area contributed by atoms with Gasteiger partial charge < -0.3 is 10.3 Å². The molecule has 5 rings (SSSR count). The maximum absolute atomic E-state index is 13.9. The summed E-state index contributed by atoms with van der Waals surface area (Å²) >= 11 is 7.64. The molecule has 1 fully saturated rings. The first-order valence-electron chi connectivity index (χ1n) is 11.0. The molecule has 0 saturated carbocycles.